The van der Waals surface area contributed by atoms with Gasteiger partial charge in [0.05, 0.1) is 39.6 Å². The molecule has 0 unspecified atom stereocenters. The number of aromatic nitrogens is 4. The number of aliphatic hydroxyl groups excluding tert-OH is 2. The van der Waals surface area contributed by atoms with Crippen LogP contribution in [0.4, 0.5) is 11.6 Å². The first-order chi connectivity index (χ1) is 34.7. The van der Waals surface area contributed by atoms with Crippen molar-refractivity contribution in [2.45, 2.75) is 82.5 Å². The number of nitrogens with zero attached hydrogens (tertiary/aromatic N) is 11. The lowest BCUT2D eigenvalue weighted by molar-refractivity contribution is -0.133. The van der Waals surface area contributed by atoms with Crippen molar-refractivity contribution in [1.82, 2.24) is 49.8 Å². The maximum atomic E-state index is 13.8. The quantitative estimate of drug-likeness (QED) is 0.137. The number of piperazine rings is 4. The summed E-state index contributed by atoms with van der Waals surface area (Å²) < 4.78 is 0. The number of rotatable bonds is 12. The van der Waals surface area contributed by atoms with Crippen LogP contribution in [0.3, 0.4) is 0 Å². The molecule has 6 aliphatic rings. The predicted octanol–water partition coefficient (Wildman–Crippen LogP) is 6.78. The van der Waals surface area contributed by atoms with E-state index in [1.165, 1.54) is 0 Å². The third kappa shape index (κ3) is 11.8. The van der Waals surface area contributed by atoms with E-state index in [1.54, 1.807) is 12.7 Å². The fraction of sp³-hybridized carbons (Fsp3) is 0.574. The number of carbonyl (C=O) groups excluding carboxylic acids is 1. The molecular formula is C54H73Cl3N12O3. The standard InChI is InChI=1S/C29H40Cl2N6O.C25H33ClN6O2/c1-19(2)35-9-7-34(8-10-35)17-23(22-5-6-24(30)25(31)16-22)21(4)36-11-13-37(14-12-36)29-27-20(3)15-26(38)28(27)32-18-33-29;1-17-14-21(33)23-22(17)24(29-16-28-23)31-10-12-32(13-11-31)25(34)20(15-30-8-6-27-7-9-30)18-2-4-19(26)5-3-18/h5-6,16,18-20,23,26,38H,4,7-15,17H2,1-3H3;2-5,16-17,20-21,27,33H,6-15H2,1H3/t20-,23+,26-;17-,20-,21-/m11/s1. The van der Waals surface area contributed by atoms with E-state index in [9.17, 15) is 15.0 Å². The number of benzene rings is 2. The number of anilines is 2. The molecule has 2 aromatic carbocycles. The molecule has 4 aromatic rings. The molecule has 3 N–H and O–H groups in total. The Morgan fingerprint density at radius 2 is 1.14 bits per heavy atom. The molecule has 1 amide bonds. The third-order valence-corrected chi connectivity index (χ3v) is 17.0. The van der Waals surface area contributed by atoms with Crippen molar-refractivity contribution in [1.29, 1.82) is 0 Å². The first-order valence-corrected chi connectivity index (χ1v) is 27.2. The van der Waals surface area contributed by atoms with Gasteiger partial charge in [0.25, 0.3) is 0 Å². The van der Waals surface area contributed by atoms with Crippen molar-refractivity contribution in [3.8, 4) is 0 Å². The zero-order valence-corrected chi connectivity index (χ0v) is 44.7. The summed E-state index contributed by atoms with van der Waals surface area (Å²) in [5.41, 5.74) is 7.04. The van der Waals surface area contributed by atoms with E-state index < -0.39 is 12.2 Å². The van der Waals surface area contributed by atoms with Gasteiger partial charge < -0.3 is 35.1 Å². The van der Waals surface area contributed by atoms with E-state index in [4.69, 9.17) is 34.8 Å². The third-order valence-electron chi connectivity index (χ3n) is 16.0. The van der Waals surface area contributed by atoms with E-state index in [2.05, 4.69) is 95.0 Å². The zero-order chi connectivity index (χ0) is 50.6. The van der Waals surface area contributed by atoms with Crippen molar-refractivity contribution in [2.24, 2.45) is 0 Å². The number of carbonyl (C=O) groups is 1. The lowest BCUT2D eigenvalue weighted by Crippen LogP contribution is -2.52. The largest absolute Gasteiger partial charge is 0.387 e. The predicted molar refractivity (Wildman–Crippen MR) is 288 cm³/mol. The number of halogens is 3. The van der Waals surface area contributed by atoms with Gasteiger partial charge in [0, 0.05) is 152 Å². The van der Waals surface area contributed by atoms with Gasteiger partial charge in [-0.2, -0.15) is 0 Å². The van der Waals surface area contributed by atoms with Gasteiger partial charge in [0.15, 0.2) is 0 Å². The van der Waals surface area contributed by atoms with Gasteiger partial charge in [0.2, 0.25) is 5.91 Å². The van der Waals surface area contributed by atoms with Crippen LogP contribution in [0, 0.1) is 0 Å². The molecule has 4 aliphatic heterocycles. The Kier molecular flexibility index (Phi) is 17.3. The summed E-state index contributed by atoms with van der Waals surface area (Å²) in [7, 11) is 0. The lowest BCUT2D eigenvalue weighted by Gasteiger charge is -2.42. The molecule has 4 fully saturated rings. The summed E-state index contributed by atoms with van der Waals surface area (Å²) in [6, 6.07) is 14.3. The molecule has 2 aliphatic carbocycles. The Bertz CT molecular complexity index is 2490. The van der Waals surface area contributed by atoms with Crippen molar-refractivity contribution >= 4 is 52.3 Å². The van der Waals surface area contributed by atoms with E-state index in [-0.39, 0.29) is 29.6 Å². The lowest BCUT2D eigenvalue weighted by atomic mass is 9.93. The summed E-state index contributed by atoms with van der Waals surface area (Å²) in [4.78, 5) is 48.2. The number of aliphatic hydroxyl groups is 2. The molecule has 0 spiro atoms. The molecule has 18 heteroatoms. The highest BCUT2D eigenvalue weighted by Gasteiger charge is 2.37. The Morgan fingerprint density at radius 1 is 0.639 bits per heavy atom. The molecular weight excluding hydrogens is 971 g/mol. The molecule has 2 aromatic heterocycles. The summed E-state index contributed by atoms with van der Waals surface area (Å²) in [6.45, 7) is 29.4. The van der Waals surface area contributed by atoms with Crippen molar-refractivity contribution in [2.75, 3.05) is 128 Å². The number of fused-ring (bicyclic) bond motifs is 2. The molecule has 72 heavy (non-hydrogen) atoms. The highest BCUT2D eigenvalue weighted by molar-refractivity contribution is 6.42. The molecule has 15 nitrogen and oxygen atoms in total. The van der Waals surface area contributed by atoms with Crippen LogP contribution >= 0.6 is 34.8 Å². The van der Waals surface area contributed by atoms with Gasteiger partial charge in [-0.25, -0.2) is 19.9 Å². The highest BCUT2D eigenvalue weighted by atomic mass is 35.5. The first-order valence-electron chi connectivity index (χ1n) is 26.1. The summed E-state index contributed by atoms with van der Waals surface area (Å²) in [6.07, 6.45) is 3.55. The van der Waals surface area contributed by atoms with Crippen LogP contribution in [-0.4, -0.2) is 184 Å². The van der Waals surface area contributed by atoms with Crippen LogP contribution in [0.1, 0.15) is 110 Å². The molecule has 4 saturated heterocycles. The Balaban J connectivity index is 0.000000179. The van der Waals surface area contributed by atoms with Crippen LogP contribution in [-0.2, 0) is 4.79 Å². The zero-order valence-electron chi connectivity index (χ0n) is 42.4. The van der Waals surface area contributed by atoms with E-state index in [1.807, 2.05) is 41.3 Å². The second-order valence-electron chi connectivity index (χ2n) is 20.9. The van der Waals surface area contributed by atoms with Crippen molar-refractivity contribution in [3.05, 3.63) is 116 Å². The van der Waals surface area contributed by atoms with Crippen LogP contribution in [0.2, 0.25) is 15.1 Å². The van der Waals surface area contributed by atoms with Crippen molar-refractivity contribution in [3.63, 3.8) is 0 Å². The van der Waals surface area contributed by atoms with Gasteiger partial charge in [0.1, 0.15) is 24.3 Å². The molecule has 6 heterocycles. The fourth-order valence-corrected chi connectivity index (χ4v) is 12.2. The SMILES string of the molecule is C=C([C@H](CN1CCN(C(C)C)CC1)c1ccc(Cl)c(Cl)c1)N1CCN(c2ncnc3c2[C@H](C)C[C@H]3O)CC1.C[C@@H]1C[C@@H](O)c2ncnc(N3CCN(C(=O)[C@H](CN4CCNCC4)c4ccc(Cl)cc4)CC3)c21. The second kappa shape index (κ2) is 23.6. The fourth-order valence-electron chi connectivity index (χ4n) is 11.7. The minimum Gasteiger partial charge on any atom is -0.387 e. The smallest absolute Gasteiger partial charge is 0.231 e. The molecule has 6 atom stereocenters. The van der Waals surface area contributed by atoms with Gasteiger partial charge >= 0.3 is 0 Å². The van der Waals surface area contributed by atoms with Gasteiger partial charge in [-0.05, 0) is 73.9 Å². The first kappa shape index (κ1) is 52.7. The second-order valence-corrected chi connectivity index (χ2v) is 22.1. The Labute approximate surface area is 441 Å². The molecule has 10 rings (SSSR count). The maximum absolute atomic E-state index is 13.8. The van der Waals surface area contributed by atoms with Gasteiger partial charge in [-0.3, -0.25) is 19.5 Å². The van der Waals surface area contributed by atoms with Crippen LogP contribution in [0.15, 0.2) is 67.4 Å². The van der Waals surface area contributed by atoms with E-state index in [0.717, 1.165) is 156 Å². The normalized spacial score (nSPS) is 23.9. The topological polar surface area (TPSA) is 144 Å². The van der Waals surface area contributed by atoms with Crippen LogP contribution in [0.25, 0.3) is 0 Å². The van der Waals surface area contributed by atoms with E-state index in [0.29, 0.717) is 47.0 Å². The molecule has 388 valence electrons. The molecule has 0 bridgehead atoms. The average Bonchev–Trinajstić information content (AvgIpc) is 3.87. The summed E-state index contributed by atoms with van der Waals surface area (Å²) in [5.74, 6) is 2.50. The monoisotopic (exact) mass is 1040 g/mol. The minimum atomic E-state index is -0.514. The van der Waals surface area contributed by atoms with Crippen molar-refractivity contribution < 1.29 is 15.0 Å². The Morgan fingerprint density at radius 3 is 1.67 bits per heavy atom. The number of hydrogen-bond acceptors (Lipinski definition) is 14. The summed E-state index contributed by atoms with van der Waals surface area (Å²) >= 11 is 18.9. The average molecular weight is 1040 g/mol. The van der Waals surface area contributed by atoms with Crippen LogP contribution < -0.4 is 15.1 Å². The maximum Gasteiger partial charge on any atom is 0.231 e. The van der Waals surface area contributed by atoms with Gasteiger partial charge in [-0.15, -0.1) is 0 Å². The molecule has 0 radical (unpaired) electrons. The Hall–Kier alpha value is -4.16. The number of amides is 1. The number of hydrogen-bond donors (Lipinski definition) is 3. The molecule has 0 saturated carbocycles. The summed E-state index contributed by atoms with van der Waals surface area (Å²) in [5, 5.41) is 26.0. The van der Waals surface area contributed by atoms with Gasteiger partial charge in [-0.1, -0.05) is 73.4 Å². The minimum absolute atomic E-state index is 0.139. The van der Waals surface area contributed by atoms with E-state index >= 15 is 0 Å². The van der Waals surface area contributed by atoms with Crippen LogP contribution in [0.5, 0.6) is 0 Å². The highest BCUT2D eigenvalue weighted by Crippen LogP contribution is 2.44. The number of nitrogens with one attached hydrogen (secondary N) is 1.